The molecule has 0 aliphatic carbocycles. The number of rotatable bonds is 14. The summed E-state index contributed by atoms with van der Waals surface area (Å²) in [6, 6.07) is 17.5. The quantitative estimate of drug-likeness (QED) is 0.268. The van der Waals surface area contributed by atoms with E-state index in [-0.39, 0.29) is 23.0 Å². The molecule has 0 unspecified atom stereocenters. The topological polar surface area (TPSA) is 96.0 Å². The summed E-state index contributed by atoms with van der Waals surface area (Å²) in [6.07, 6.45) is 2.02. The van der Waals surface area contributed by atoms with E-state index in [1.54, 1.807) is 42.5 Å². The van der Waals surface area contributed by atoms with Crippen LogP contribution < -0.4 is 14.4 Å². The second-order valence-electron chi connectivity index (χ2n) is 9.74. The van der Waals surface area contributed by atoms with E-state index in [2.05, 4.69) is 5.32 Å². The number of aryl methyl sites for hydroxylation is 1. The third kappa shape index (κ3) is 8.29. The predicted octanol–water partition coefficient (Wildman–Crippen LogP) is 5.06. The number of nitrogens with zero attached hydrogens (tertiary/aromatic N) is 2. The Balaban J connectivity index is 2.04. The van der Waals surface area contributed by atoms with Crippen LogP contribution in [0.4, 0.5) is 10.1 Å². The summed E-state index contributed by atoms with van der Waals surface area (Å²) < 4.78 is 47.6. The van der Waals surface area contributed by atoms with Crippen molar-refractivity contribution in [3.63, 3.8) is 0 Å². The molecule has 41 heavy (non-hydrogen) atoms. The Bertz CT molecular complexity index is 1410. The Kier molecular flexibility index (Phi) is 11.3. The van der Waals surface area contributed by atoms with Gasteiger partial charge in [0, 0.05) is 13.1 Å². The molecule has 1 atom stereocenters. The largest absolute Gasteiger partial charge is 0.497 e. The number of ether oxygens (including phenoxy) is 1. The number of unbranched alkanes of at least 4 members (excludes halogenated alkanes) is 1. The SMILES string of the molecule is CCCCNC(=O)[C@H](CC)N(Cc1cccc(OC)c1)C(=O)CN(c1ccc(C)cc1)S(=O)(=O)c1ccc(F)cc1. The van der Waals surface area contributed by atoms with Crippen molar-refractivity contribution in [1.29, 1.82) is 0 Å². The lowest BCUT2D eigenvalue weighted by Crippen LogP contribution is -2.52. The van der Waals surface area contributed by atoms with E-state index in [1.165, 1.54) is 24.1 Å². The molecule has 3 aromatic carbocycles. The van der Waals surface area contributed by atoms with Crippen molar-refractivity contribution in [2.45, 2.75) is 57.5 Å². The molecule has 0 spiro atoms. The highest BCUT2D eigenvalue weighted by Gasteiger charge is 2.33. The third-order valence-electron chi connectivity index (χ3n) is 6.71. The van der Waals surface area contributed by atoms with Gasteiger partial charge in [0.25, 0.3) is 10.0 Å². The molecule has 3 rings (SSSR count). The molecule has 0 bridgehead atoms. The Morgan fingerprint density at radius 1 is 1.00 bits per heavy atom. The van der Waals surface area contributed by atoms with Crippen molar-refractivity contribution in [1.82, 2.24) is 10.2 Å². The molecule has 1 N–H and O–H groups in total. The Morgan fingerprint density at radius 3 is 2.29 bits per heavy atom. The lowest BCUT2D eigenvalue weighted by molar-refractivity contribution is -0.140. The maximum Gasteiger partial charge on any atom is 0.264 e. The van der Waals surface area contributed by atoms with Crippen LogP contribution in [-0.4, -0.2) is 51.4 Å². The van der Waals surface area contributed by atoms with E-state index < -0.39 is 34.3 Å². The van der Waals surface area contributed by atoms with E-state index in [9.17, 15) is 22.4 Å². The molecular formula is C31H38FN3O5S. The minimum Gasteiger partial charge on any atom is -0.497 e. The summed E-state index contributed by atoms with van der Waals surface area (Å²) in [5.41, 5.74) is 1.91. The average Bonchev–Trinajstić information content (AvgIpc) is 2.96. The number of amides is 2. The van der Waals surface area contributed by atoms with Crippen LogP contribution >= 0.6 is 0 Å². The van der Waals surface area contributed by atoms with E-state index in [1.807, 2.05) is 26.8 Å². The lowest BCUT2D eigenvalue weighted by Gasteiger charge is -2.33. The highest BCUT2D eigenvalue weighted by atomic mass is 32.2. The summed E-state index contributed by atoms with van der Waals surface area (Å²) in [5.74, 6) is -0.848. The number of halogens is 1. The monoisotopic (exact) mass is 583 g/mol. The zero-order chi connectivity index (χ0) is 30.0. The predicted molar refractivity (Wildman–Crippen MR) is 158 cm³/mol. The summed E-state index contributed by atoms with van der Waals surface area (Å²) in [7, 11) is -2.73. The van der Waals surface area contributed by atoms with Gasteiger partial charge in [0.1, 0.15) is 24.2 Å². The van der Waals surface area contributed by atoms with E-state index in [4.69, 9.17) is 4.74 Å². The number of benzene rings is 3. The Hall–Kier alpha value is -3.92. The van der Waals surface area contributed by atoms with E-state index in [0.717, 1.165) is 40.4 Å². The van der Waals surface area contributed by atoms with Gasteiger partial charge in [-0.05, 0) is 73.9 Å². The summed E-state index contributed by atoms with van der Waals surface area (Å²) >= 11 is 0. The first-order chi connectivity index (χ1) is 19.6. The fourth-order valence-corrected chi connectivity index (χ4v) is 5.78. The number of carbonyl (C=O) groups excluding carboxylic acids is 2. The first-order valence-corrected chi connectivity index (χ1v) is 15.1. The van der Waals surface area contributed by atoms with Gasteiger partial charge in [-0.3, -0.25) is 13.9 Å². The molecule has 8 nitrogen and oxygen atoms in total. The maximum absolute atomic E-state index is 14.1. The molecule has 0 fully saturated rings. The number of anilines is 1. The molecule has 0 aliphatic heterocycles. The van der Waals surface area contributed by atoms with E-state index >= 15 is 0 Å². The average molecular weight is 584 g/mol. The van der Waals surface area contributed by atoms with Crippen molar-refractivity contribution in [3.8, 4) is 5.75 Å². The van der Waals surface area contributed by atoms with Gasteiger partial charge in [-0.2, -0.15) is 0 Å². The van der Waals surface area contributed by atoms with Crippen LogP contribution in [-0.2, 0) is 26.2 Å². The summed E-state index contributed by atoms with van der Waals surface area (Å²) in [6.45, 7) is 5.67. The number of carbonyl (C=O) groups is 2. The van der Waals surface area contributed by atoms with Gasteiger partial charge in [0.05, 0.1) is 17.7 Å². The van der Waals surface area contributed by atoms with Crippen molar-refractivity contribution in [2.75, 3.05) is 24.5 Å². The van der Waals surface area contributed by atoms with Gasteiger partial charge >= 0.3 is 0 Å². The fourth-order valence-electron chi connectivity index (χ4n) is 4.37. The molecule has 2 amide bonds. The summed E-state index contributed by atoms with van der Waals surface area (Å²) in [4.78, 5) is 28.6. The minimum atomic E-state index is -4.27. The molecular weight excluding hydrogens is 545 g/mol. The molecule has 0 saturated carbocycles. The van der Waals surface area contributed by atoms with Crippen molar-refractivity contribution in [3.05, 3.63) is 89.7 Å². The normalized spacial score (nSPS) is 11.9. The molecule has 10 heteroatoms. The van der Waals surface area contributed by atoms with Crippen molar-refractivity contribution >= 4 is 27.5 Å². The van der Waals surface area contributed by atoms with Crippen LogP contribution in [0.25, 0.3) is 0 Å². The third-order valence-corrected chi connectivity index (χ3v) is 8.49. The number of hydrogen-bond donors (Lipinski definition) is 1. The molecule has 0 aromatic heterocycles. The smallest absolute Gasteiger partial charge is 0.264 e. The summed E-state index contributed by atoms with van der Waals surface area (Å²) in [5, 5.41) is 2.91. The molecule has 0 heterocycles. The fraction of sp³-hybridized carbons (Fsp3) is 0.355. The van der Waals surface area contributed by atoms with Gasteiger partial charge in [0.15, 0.2) is 0 Å². The molecule has 220 valence electrons. The van der Waals surface area contributed by atoms with Gasteiger partial charge < -0.3 is 15.0 Å². The first kappa shape index (κ1) is 31.6. The maximum atomic E-state index is 14.1. The molecule has 0 radical (unpaired) electrons. The second kappa shape index (κ2) is 14.6. The van der Waals surface area contributed by atoms with Crippen LogP contribution in [0.3, 0.4) is 0 Å². The number of nitrogens with one attached hydrogen (secondary N) is 1. The van der Waals surface area contributed by atoms with Crippen LogP contribution in [0.5, 0.6) is 5.75 Å². The first-order valence-electron chi connectivity index (χ1n) is 13.7. The van der Waals surface area contributed by atoms with Gasteiger partial charge in [-0.15, -0.1) is 0 Å². The Morgan fingerprint density at radius 2 is 1.68 bits per heavy atom. The number of hydrogen-bond acceptors (Lipinski definition) is 5. The van der Waals surface area contributed by atoms with Gasteiger partial charge in [-0.25, -0.2) is 12.8 Å². The Labute approximate surface area is 242 Å². The van der Waals surface area contributed by atoms with Crippen LogP contribution in [0.2, 0.25) is 0 Å². The standard InChI is InChI=1S/C31H38FN3O5S/c1-5-7-19-33-31(37)29(6-2)34(21-24-9-8-10-27(20-24)40-4)30(36)22-35(26-15-11-23(3)12-16-26)41(38,39)28-17-13-25(32)14-18-28/h8-18,20,29H,5-7,19,21-22H2,1-4H3,(H,33,37)/t29-/m0/s1. The second-order valence-corrected chi connectivity index (χ2v) is 11.6. The molecule has 0 aliphatic rings. The number of methoxy groups -OCH3 is 1. The molecule has 3 aromatic rings. The highest BCUT2D eigenvalue weighted by molar-refractivity contribution is 7.92. The number of sulfonamides is 1. The minimum absolute atomic E-state index is 0.0636. The molecule has 0 saturated heterocycles. The van der Waals surface area contributed by atoms with E-state index in [0.29, 0.717) is 18.7 Å². The van der Waals surface area contributed by atoms with Crippen molar-refractivity contribution in [2.24, 2.45) is 0 Å². The van der Waals surface area contributed by atoms with Crippen LogP contribution in [0.1, 0.15) is 44.2 Å². The van der Waals surface area contributed by atoms with Crippen molar-refractivity contribution < 1.29 is 27.1 Å². The van der Waals surface area contributed by atoms with Gasteiger partial charge in [-0.1, -0.05) is 50.1 Å². The lowest BCUT2D eigenvalue weighted by atomic mass is 10.1. The van der Waals surface area contributed by atoms with Crippen LogP contribution in [0.15, 0.2) is 77.7 Å². The zero-order valence-electron chi connectivity index (χ0n) is 24.0. The van der Waals surface area contributed by atoms with Gasteiger partial charge in [0.2, 0.25) is 11.8 Å². The zero-order valence-corrected chi connectivity index (χ0v) is 24.8. The van der Waals surface area contributed by atoms with Crippen LogP contribution in [0, 0.1) is 12.7 Å². The highest BCUT2D eigenvalue weighted by Crippen LogP contribution is 2.26.